The van der Waals surface area contributed by atoms with Gasteiger partial charge < -0.3 is 0 Å². The van der Waals surface area contributed by atoms with Crippen molar-refractivity contribution < 1.29 is 0 Å². The Balaban J connectivity index is 4.44. The van der Waals surface area contributed by atoms with Crippen molar-refractivity contribution in [3.05, 3.63) is 8.96 Å². The van der Waals surface area contributed by atoms with Crippen LogP contribution in [-0.4, -0.2) is 7.47 Å². The van der Waals surface area contributed by atoms with E-state index in [0.29, 0.717) is 0 Å². The van der Waals surface area contributed by atoms with Gasteiger partial charge in [0.2, 0.25) is 0 Å². The van der Waals surface area contributed by atoms with Gasteiger partial charge in [0.15, 0.2) is 0 Å². The third-order valence-electron chi connectivity index (χ3n) is 0.688. The molecule has 0 atom stereocenters. The standard InChI is InChI=1S/C4H2Br6/c5-2(6)1(3(7)8)4(9)10/h2-3H. The molecule has 6 heteroatoms. The van der Waals surface area contributed by atoms with E-state index in [1.807, 2.05) is 0 Å². The fraction of sp³-hybridized carbons (Fsp3) is 0.500. The van der Waals surface area contributed by atoms with Crippen LogP contribution in [0.15, 0.2) is 8.96 Å². The van der Waals surface area contributed by atoms with Crippen LogP contribution in [0.1, 0.15) is 0 Å². The van der Waals surface area contributed by atoms with Gasteiger partial charge in [-0.05, 0) is 37.4 Å². The number of alkyl halides is 4. The molecule has 0 fully saturated rings. The molecule has 10 heavy (non-hydrogen) atoms. The average molecular weight is 529 g/mol. The Morgan fingerprint density at radius 2 is 1.10 bits per heavy atom. The molecule has 0 aromatic heterocycles. The van der Waals surface area contributed by atoms with Gasteiger partial charge in [-0.15, -0.1) is 0 Å². The van der Waals surface area contributed by atoms with E-state index in [2.05, 4.69) is 95.6 Å². The summed E-state index contributed by atoms with van der Waals surface area (Å²) in [5.41, 5.74) is 1.11. The van der Waals surface area contributed by atoms with Gasteiger partial charge in [0.1, 0.15) is 0 Å². The van der Waals surface area contributed by atoms with Gasteiger partial charge in [0.05, 0.1) is 10.9 Å². The van der Waals surface area contributed by atoms with Gasteiger partial charge >= 0.3 is 0 Å². The molecule has 0 saturated heterocycles. The molecule has 0 bridgehead atoms. The number of hydrogen-bond donors (Lipinski definition) is 0. The summed E-state index contributed by atoms with van der Waals surface area (Å²) in [5.74, 6) is 0. The van der Waals surface area contributed by atoms with Crippen LogP contribution >= 0.6 is 95.6 Å². The molecule has 0 aliphatic heterocycles. The van der Waals surface area contributed by atoms with Crippen molar-refractivity contribution in [2.24, 2.45) is 0 Å². The third-order valence-corrected chi connectivity index (χ3v) is 3.58. The quantitative estimate of drug-likeness (QED) is 0.431. The van der Waals surface area contributed by atoms with E-state index in [9.17, 15) is 0 Å². The Labute approximate surface area is 110 Å². The first-order chi connectivity index (χ1) is 4.46. The fourth-order valence-corrected chi connectivity index (χ4v) is 7.03. The highest BCUT2D eigenvalue weighted by atomic mass is 79.9. The maximum atomic E-state index is 3.38. The van der Waals surface area contributed by atoms with Gasteiger partial charge in [-0.25, -0.2) is 0 Å². The van der Waals surface area contributed by atoms with Crippen molar-refractivity contribution in [2.45, 2.75) is 7.47 Å². The molecule has 0 saturated carbocycles. The lowest BCUT2D eigenvalue weighted by Crippen LogP contribution is -2.00. The Morgan fingerprint density at radius 1 is 0.800 bits per heavy atom. The Bertz CT molecular complexity index is 123. The smallest absolute Gasteiger partial charge is 0.0714 e. The van der Waals surface area contributed by atoms with E-state index >= 15 is 0 Å². The lowest BCUT2D eigenvalue weighted by atomic mass is 10.4. The lowest BCUT2D eigenvalue weighted by molar-refractivity contribution is 1.39. The van der Waals surface area contributed by atoms with Crippen LogP contribution in [0, 0.1) is 0 Å². The summed E-state index contributed by atoms with van der Waals surface area (Å²) in [6, 6.07) is 0. The minimum Gasteiger partial charge on any atom is -0.0714 e. The molecule has 0 N–H and O–H groups in total. The summed E-state index contributed by atoms with van der Waals surface area (Å²) in [6.07, 6.45) is 0. The predicted molar refractivity (Wildman–Crippen MR) is 68.2 cm³/mol. The zero-order valence-corrected chi connectivity index (χ0v) is 13.9. The molecule has 0 aromatic carbocycles. The van der Waals surface area contributed by atoms with Crippen molar-refractivity contribution in [3.63, 3.8) is 0 Å². The molecule has 0 aliphatic rings. The van der Waals surface area contributed by atoms with Crippen LogP contribution in [0.2, 0.25) is 0 Å². The van der Waals surface area contributed by atoms with E-state index in [0.717, 1.165) is 8.96 Å². The van der Waals surface area contributed by atoms with Crippen molar-refractivity contribution >= 4 is 95.6 Å². The molecule has 60 valence electrons. The Morgan fingerprint density at radius 3 is 1.10 bits per heavy atom. The number of allylic oxidation sites excluding steroid dienone is 1. The predicted octanol–water partition coefficient (Wildman–Crippen LogP) is 5.22. The molecule has 0 spiro atoms. The molecule has 0 radical (unpaired) electrons. The molecular weight excluding hydrogens is 527 g/mol. The van der Waals surface area contributed by atoms with Crippen LogP contribution in [-0.2, 0) is 0 Å². The Hall–Kier alpha value is 2.62. The normalized spacial score (nSPS) is 10.8. The van der Waals surface area contributed by atoms with Crippen LogP contribution in [0.3, 0.4) is 0 Å². The van der Waals surface area contributed by atoms with Gasteiger partial charge in [0, 0.05) is 0 Å². The van der Waals surface area contributed by atoms with E-state index in [4.69, 9.17) is 0 Å². The molecule has 0 unspecified atom stereocenters. The minimum atomic E-state index is 0.150. The summed E-state index contributed by atoms with van der Waals surface area (Å²) < 4.78 is 1.23. The summed E-state index contributed by atoms with van der Waals surface area (Å²) in [6.45, 7) is 0. The zero-order chi connectivity index (χ0) is 8.31. The lowest BCUT2D eigenvalue weighted by Gasteiger charge is -2.09. The average Bonchev–Trinajstić information content (AvgIpc) is 1.59. The highest BCUT2D eigenvalue weighted by Gasteiger charge is 2.16. The van der Waals surface area contributed by atoms with Crippen molar-refractivity contribution in [1.82, 2.24) is 0 Å². The minimum absolute atomic E-state index is 0.150. The number of hydrogen-bond acceptors (Lipinski definition) is 0. The van der Waals surface area contributed by atoms with Crippen molar-refractivity contribution in [3.8, 4) is 0 Å². The second kappa shape index (κ2) is 6.13. The molecule has 0 aromatic rings. The fourth-order valence-electron chi connectivity index (χ4n) is 0.260. The van der Waals surface area contributed by atoms with Crippen LogP contribution in [0.5, 0.6) is 0 Å². The highest BCUT2D eigenvalue weighted by molar-refractivity contribution is 9.29. The van der Waals surface area contributed by atoms with Gasteiger partial charge in [-0.1, -0.05) is 63.7 Å². The van der Waals surface area contributed by atoms with Crippen molar-refractivity contribution in [1.29, 1.82) is 0 Å². The highest BCUT2D eigenvalue weighted by Crippen LogP contribution is 2.36. The van der Waals surface area contributed by atoms with E-state index in [-0.39, 0.29) is 7.47 Å². The van der Waals surface area contributed by atoms with Gasteiger partial charge in [-0.3, -0.25) is 0 Å². The molecule has 0 amide bonds. The summed E-state index contributed by atoms with van der Waals surface area (Å²) in [7, 11) is 0. The van der Waals surface area contributed by atoms with Gasteiger partial charge in [0.25, 0.3) is 0 Å². The zero-order valence-electron chi connectivity index (χ0n) is 4.42. The molecule has 0 heterocycles. The first kappa shape index (κ1) is 12.6. The maximum Gasteiger partial charge on any atom is 0.0944 e. The van der Waals surface area contributed by atoms with E-state index in [1.165, 1.54) is 0 Å². The Kier molecular flexibility index (Phi) is 7.74. The molecule has 0 nitrogen and oxygen atoms in total. The second-order valence-corrected chi connectivity index (χ2v) is 10.1. The SMILES string of the molecule is BrC(Br)=C(C(Br)Br)C(Br)Br. The first-order valence-corrected chi connectivity index (χ1v) is 7.33. The molecule has 0 aliphatic carbocycles. The van der Waals surface area contributed by atoms with Gasteiger partial charge in [-0.2, -0.15) is 0 Å². The number of halogens is 6. The summed E-state index contributed by atoms with van der Waals surface area (Å²) in [5, 5.41) is 0. The summed E-state index contributed by atoms with van der Waals surface area (Å²) in [4.78, 5) is 0. The monoisotopic (exact) mass is 524 g/mol. The first-order valence-electron chi connectivity index (χ1n) is 2.08. The van der Waals surface area contributed by atoms with Crippen molar-refractivity contribution in [2.75, 3.05) is 0 Å². The molecule has 0 rings (SSSR count). The van der Waals surface area contributed by atoms with E-state index in [1.54, 1.807) is 0 Å². The van der Waals surface area contributed by atoms with E-state index < -0.39 is 0 Å². The van der Waals surface area contributed by atoms with Crippen LogP contribution < -0.4 is 0 Å². The van der Waals surface area contributed by atoms with Crippen LogP contribution in [0.25, 0.3) is 0 Å². The largest absolute Gasteiger partial charge is 0.0944 e. The third kappa shape index (κ3) is 4.60. The summed E-state index contributed by atoms with van der Waals surface area (Å²) >= 11 is 20.2. The van der Waals surface area contributed by atoms with Crippen LogP contribution in [0.4, 0.5) is 0 Å². The maximum absolute atomic E-state index is 3.38. The number of rotatable bonds is 2. The molecular formula is C4H2Br6. The second-order valence-electron chi connectivity index (χ2n) is 1.32. The topological polar surface area (TPSA) is 0 Å².